The Balaban J connectivity index is 1.54. The van der Waals surface area contributed by atoms with E-state index in [4.69, 9.17) is 0 Å². The zero-order valence-electron chi connectivity index (χ0n) is 16.4. The number of piperidine rings is 1. The van der Waals surface area contributed by atoms with E-state index in [1.54, 1.807) is 6.20 Å². The molecule has 28 heavy (non-hydrogen) atoms. The average Bonchev–Trinajstić information content (AvgIpc) is 3.10. The first-order valence-corrected chi connectivity index (χ1v) is 10.1. The van der Waals surface area contributed by atoms with Gasteiger partial charge in [0.05, 0.1) is 11.3 Å². The lowest BCUT2D eigenvalue weighted by Crippen LogP contribution is -2.48. The van der Waals surface area contributed by atoms with Crippen molar-refractivity contribution in [1.29, 1.82) is 0 Å². The summed E-state index contributed by atoms with van der Waals surface area (Å²) < 4.78 is 2.11. The molecule has 1 aromatic carbocycles. The van der Waals surface area contributed by atoms with Crippen LogP contribution in [0.3, 0.4) is 0 Å². The molecule has 2 aromatic heterocycles. The van der Waals surface area contributed by atoms with Crippen LogP contribution >= 0.6 is 0 Å². The van der Waals surface area contributed by atoms with E-state index in [1.807, 2.05) is 43.6 Å². The lowest BCUT2D eigenvalue weighted by Gasteiger charge is -2.36. The van der Waals surface area contributed by atoms with Crippen LogP contribution < -0.4 is 5.32 Å². The Morgan fingerprint density at radius 3 is 2.54 bits per heavy atom. The average molecular weight is 374 g/mol. The molecular weight excluding hydrogens is 348 g/mol. The second-order valence-corrected chi connectivity index (χ2v) is 8.23. The van der Waals surface area contributed by atoms with Crippen LogP contribution in [0.15, 0.2) is 48.8 Å². The van der Waals surface area contributed by atoms with Crippen molar-refractivity contribution in [1.82, 2.24) is 19.8 Å². The molecule has 2 atom stereocenters. The number of rotatable bonds is 3. The van der Waals surface area contributed by atoms with E-state index in [0.717, 1.165) is 40.6 Å². The molecule has 3 aromatic rings. The van der Waals surface area contributed by atoms with Gasteiger partial charge in [0, 0.05) is 54.0 Å². The summed E-state index contributed by atoms with van der Waals surface area (Å²) in [5.41, 5.74) is 3.73. The molecule has 144 valence electrons. The second-order valence-electron chi connectivity index (χ2n) is 8.23. The highest BCUT2D eigenvalue weighted by atomic mass is 16.1. The minimum absolute atomic E-state index is 0.0320. The van der Waals surface area contributed by atoms with Crippen molar-refractivity contribution in [2.24, 2.45) is 7.05 Å². The van der Waals surface area contributed by atoms with Gasteiger partial charge in [0.15, 0.2) is 0 Å². The summed E-state index contributed by atoms with van der Waals surface area (Å²) >= 11 is 0. The van der Waals surface area contributed by atoms with Gasteiger partial charge in [0.1, 0.15) is 0 Å². The molecule has 5 rings (SSSR count). The van der Waals surface area contributed by atoms with Gasteiger partial charge in [-0.05, 0) is 50.9 Å². The molecule has 0 spiro atoms. The van der Waals surface area contributed by atoms with Gasteiger partial charge in [-0.2, -0.15) is 0 Å². The fourth-order valence-electron chi connectivity index (χ4n) is 5.25. The van der Waals surface area contributed by atoms with E-state index in [-0.39, 0.29) is 11.9 Å². The van der Waals surface area contributed by atoms with Crippen molar-refractivity contribution in [2.45, 2.75) is 43.8 Å². The van der Waals surface area contributed by atoms with E-state index in [2.05, 4.69) is 32.9 Å². The van der Waals surface area contributed by atoms with Crippen LogP contribution in [0.2, 0.25) is 0 Å². The topological polar surface area (TPSA) is 50.2 Å². The molecule has 0 aliphatic carbocycles. The number of fused-ring (bicyclic) bond motifs is 3. The lowest BCUT2D eigenvalue weighted by atomic mass is 9.97. The summed E-state index contributed by atoms with van der Waals surface area (Å²) in [6.45, 7) is 0. The van der Waals surface area contributed by atoms with E-state index in [9.17, 15) is 4.79 Å². The molecule has 2 unspecified atom stereocenters. The van der Waals surface area contributed by atoms with Crippen LogP contribution in [0.1, 0.15) is 36.0 Å². The van der Waals surface area contributed by atoms with Crippen LogP contribution in [0.4, 0.5) is 0 Å². The maximum absolute atomic E-state index is 13.5. The minimum atomic E-state index is 0.0320. The number of hydrogen-bond donors (Lipinski definition) is 1. The molecule has 0 radical (unpaired) electrons. The maximum atomic E-state index is 13.5. The zero-order valence-corrected chi connectivity index (χ0v) is 16.4. The number of carbonyl (C=O) groups excluding carboxylic acids is 1. The first-order chi connectivity index (χ1) is 13.6. The third-order valence-corrected chi connectivity index (χ3v) is 6.70. The highest BCUT2D eigenvalue weighted by Gasteiger charge is 2.39. The van der Waals surface area contributed by atoms with Crippen molar-refractivity contribution in [3.8, 4) is 11.3 Å². The van der Waals surface area contributed by atoms with Crippen molar-refractivity contribution in [3.63, 3.8) is 0 Å². The third-order valence-electron chi connectivity index (χ3n) is 6.70. The molecule has 5 heteroatoms. The van der Waals surface area contributed by atoms with Gasteiger partial charge in [0.2, 0.25) is 0 Å². The van der Waals surface area contributed by atoms with Gasteiger partial charge in [-0.1, -0.05) is 18.2 Å². The SMILES string of the molecule is CN1C2CCC1CC(NC(=O)c1c(-c3cccnc3)n(C)c3ccccc13)C2. The quantitative estimate of drug-likeness (QED) is 0.762. The van der Waals surface area contributed by atoms with E-state index >= 15 is 0 Å². The number of amides is 1. The van der Waals surface area contributed by atoms with Gasteiger partial charge >= 0.3 is 0 Å². The summed E-state index contributed by atoms with van der Waals surface area (Å²) in [5.74, 6) is 0.0320. The summed E-state index contributed by atoms with van der Waals surface area (Å²) in [7, 11) is 4.25. The Kier molecular flexibility index (Phi) is 4.20. The van der Waals surface area contributed by atoms with Crippen LogP contribution in [-0.2, 0) is 7.05 Å². The summed E-state index contributed by atoms with van der Waals surface area (Å²) in [6.07, 6.45) is 8.20. The van der Waals surface area contributed by atoms with Gasteiger partial charge in [-0.25, -0.2) is 0 Å². The van der Waals surface area contributed by atoms with Crippen molar-refractivity contribution >= 4 is 16.8 Å². The molecule has 5 nitrogen and oxygen atoms in total. The first kappa shape index (κ1) is 17.4. The number of benzene rings is 1. The fourth-order valence-corrected chi connectivity index (χ4v) is 5.25. The van der Waals surface area contributed by atoms with Crippen LogP contribution in [0.25, 0.3) is 22.2 Å². The molecule has 2 aliphatic rings. The molecule has 0 saturated carbocycles. The molecule has 1 N–H and O–H groups in total. The summed E-state index contributed by atoms with van der Waals surface area (Å²) in [6, 6.07) is 13.5. The Labute approximate surface area is 165 Å². The number of nitrogens with zero attached hydrogens (tertiary/aromatic N) is 3. The lowest BCUT2D eigenvalue weighted by molar-refractivity contribution is 0.0884. The largest absolute Gasteiger partial charge is 0.349 e. The summed E-state index contributed by atoms with van der Waals surface area (Å²) in [5, 5.41) is 4.37. The number of pyridine rings is 1. The van der Waals surface area contributed by atoms with Crippen molar-refractivity contribution in [3.05, 3.63) is 54.4 Å². The predicted octanol–water partition coefficient (Wildman–Crippen LogP) is 3.60. The molecule has 1 amide bonds. The fraction of sp³-hybridized carbons (Fsp3) is 0.391. The Bertz CT molecular complexity index is 1010. The number of aromatic nitrogens is 2. The predicted molar refractivity (Wildman–Crippen MR) is 111 cm³/mol. The van der Waals surface area contributed by atoms with Crippen LogP contribution in [0.5, 0.6) is 0 Å². The molecular formula is C23H26N4O. The molecule has 2 aliphatic heterocycles. The number of nitrogens with one attached hydrogen (secondary N) is 1. The molecule has 2 saturated heterocycles. The monoisotopic (exact) mass is 374 g/mol. The van der Waals surface area contributed by atoms with Crippen molar-refractivity contribution < 1.29 is 4.79 Å². The standard InChI is InChI=1S/C23H26N4O/c1-26-17-9-10-18(26)13-16(12-17)25-23(28)21-19-7-3-4-8-20(19)27(2)22(21)15-6-5-11-24-14-15/h3-8,11,14,16-18H,9-10,12-13H2,1-2H3,(H,25,28). The van der Waals surface area contributed by atoms with Gasteiger partial charge in [-0.3, -0.25) is 9.78 Å². The number of aryl methyl sites for hydroxylation is 1. The van der Waals surface area contributed by atoms with Crippen LogP contribution in [-0.4, -0.2) is 45.5 Å². The van der Waals surface area contributed by atoms with E-state index in [1.165, 1.54) is 12.8 Å². The molecule has 2 fully saturated rings. The van der Waals surface area contributed by atoms with Crippen molar-refractivity contribution in [2.75, 3.05) is 7.05 Å². The van der Waals surface area contributed by atoms with E-state index in [0.29, 0.717) is 12.1 Å². The maximum Gasteiger partial charge on any atom is 0.254 e. The number of para-hydroxylation sites is 1. The highest BCUT2D eigenvalue weighted by Crippen LogP contribution is 2.36. The normalized spacial score (nSPS) is 24.6. The minimum Gasteiger partial charge on any atom is -0.349 e. The van der Waals surface area contributed by atoms with Gasteiger partial charge in [-0.15, -0.1) is 0 Å². The Morgan fingerprint density at radius 1 is 1.07 bits per heavy atom. The second kappa shape index (κ2) is 6.74. The number of carbonyl (C=O) groups is 1. The van der Waals surface area contributed by atoms with E-state index < -0.39 is 0 Å². The van der Waals surface area contributed by atoms with Crippen LogP contribution in [0, 0.1) is 0 Å². The first-order valence-electron chi connectivity index (χ1n) is 10.1. The molecule has 4 heterocycles. The number of hydrogen-bond acceptors (Lipinski definition) is 3. The third kappa shape index (κ3) is 2.73. The highest BCUT2D eigenvalue weighted by molar-refractivity contribution is 6.12. The Morgan fingerprint density at radius 2 is 1.82 bits per heavy atom. The summed E-state index contributed by atoms with van der Waals surface area (Å²) in [4.78, 5) is 20.3. The van der Waals surface area contributed by atoms with Gasteiger partial charge in [0.25, 0.3) is 5.91 Å². The smallest absolute Gasteiger partial charge is 0.254 e. The molecule has 2 bridgehead atoms. The van der Waals surface area contributed by atoms with Gasteiger partial charge < -0.3 is 14.8 Å². The zero-order chi connectivity index (χ0) is 19.3. The Hall–Kier alpha value is -2.66.